The van der Waals surface area contributed by atoms with Gasteiger partial charge < -0.3 is 19.4 Å². The SMILES string of the molecule is C=CC(=O)N1C[C@H](C)N(c2nc(=O)n3c4c(c(-c5ccc(F)cc5F)c(Cl)cc24)OC[C@H]3CCCN2CC(CC)(CC)C2)C[C@H]1C. The average molecular weight is 654 g/mol. The Balaban J connectivity index is 1.42. The Bertz CT molecular complexity index is 1730. The van der Waals surface area contributed by atoms with Crippen molar-refractivity contribution in [3.63, 3.8) is 0 Å². The van der Waals surface area contributed by atoms with Gasteiger partial charge in [0.2, 0.25) is 5.91 Å². The van der Waals surface area contributed by atoms with Gasteiger partial charge in [0.15, 0.2) is 5.75 Å². The third kappa shape index (κ3) is 5.57. The van der Waals surface area contributed by atoms with Gasteiger partial charge in [-0.3, -0.25) is 9.36 Å². The lowest BCUT2D eigenvalue weighted by Crippen LogP contribution is -2.58. The monoisotopic (exact) mass is 653 g/mol. The first kappa shape index (κ1) is 32.4. The van der Waals surface area contributed by atoms with Gasteiger partial charge in [-0.2, -0.15) is 4.98 Å². The lowest BCUT2D eigenvalue weighted by molar-refractivity contribution is -0.128. The maximum Gasteiger partial charge on any atom is 0.350 e. The Hall–Kier alpha value is -3.50. The van der Waals surface area contributed by atoms with Crippen molar-refractivity contribution in [2.24, 2.45) is 5.41 Å². The molecular weight excluding hydrogens is 612 g/mol. The number of aromatic nitrogens is 2. The Kier molecular flexibility index (Phi) is 8.89. The summed E-state index contributed by atoms with van der Waals surface area (Å²) in [5.74, 6) is -0.907. The second-order valence-electron chi connectivity index (χ2n) is 13.2. The van der Waals surface area contributed by atoms with Gasteiger partial charge >= 0.3 is 5.69 Å². The van der Waals surface area contributed by atoms with E-state index in [2.05, 4.69) is 30.3 Å². The van der Waals surface area contributed by atoms with Gasteiger partial charge in [0.25, 0.3) is 0 Å². The van der Waals surface area contributed by atoms with Crippen molar-refractivity contribution >= 4 is 34.2 Å². The number of piperazine rings is 1. The molecule has 2 aromatic carbocycles. The molecule has 0 aliphatic carbocycles. The highest BCUT2D eigenvalue weighted by atomic mass is 35.5. The highest BCUT2D eigenvalue weighted by Gasteiger charge is 2.40. The molecule has 4 heterocycles. The van der Waals surface area contributed by atoms with Gasteiger partial charge in [0, 0.05) is 60.8 Å². The Morgan fingerprint density at radius 1 is 1.15 bits per heavy atom. The van der Waals surface area contributed by atoms with Crippen LogP contribution in [0.2, 0.25) is 5.02 Å². The zero-order valence-electron chi connectivity index (χ0n) is 27.0. The van der Waals surface area contributed by atoms with Crippen molar-refractivity contribution in [3.05, 3.63) is 64.1 Å². The molecular formula is C35H42ClF2N5O3. The molecule has 0 bridgehead atoms. The molecule has 0 N–H and O–H groups in total. The Morgan fingerprint density at radius 2 is 1.89 bits per heavy atom. The number of carbonyl (C=O) groups is 1. The lowest BCUT2D eigenvalue weighted by Gasteiger charge is -2.50. The van der Waals surface area contributed by atoms with Crippen LogP contribution < -0.4 is 15.3 Å². The largest absolute Gasteiger partial charge is 0.488 e. The summed E-state index contributed by atoms with van der Waals surface area (Å²) in [6.07, 6.45) is 5.25. The summed E-state index contributed by atoms with van der Waals surface area (Å²) in [5.41, 5.74) is 0.855. The highest BCUT2D eigenvalue weighted by molar-refractivity contribution is 6.35. The number of halogens is 3. The van der Waals surface area contributed by atoms with Crippen LogP contribution >= 0.6 is 11.6 Å². The molecule has 1 aromatic heterocycles. The molecule has 2 fully saturated rings. The third-order valence-electron chi connectivity index (χ3n) is 10.4. The van der Waals surface area contributed by atoms with Crippen LogP contribution in [-0.4, -0.2) is 76.7 Å². The van der Waals surface area contributed by atoms with Crippen molar-refractivity contribution < 1.29 is 18.3 Å². The van der Waals surface area contributed by atoms with Crippen LogP contribution in [0.1, 0.15) is 59.4 Å². The van der Waals surface area contributed by atoms with Gasteiger partial charge in [-0.05, 0) is 75.8 Å². The summed E-state index contributed by atoms with van der Waals surface area (Å²) in [5, 5.41) is 0.811. The van der Waals surface area contributed by atoms with Crippen LogP contribution in [0.5, 0.6) is 5.75 Å². The summed E-state index contributed by atoms with van der Waals surface area (Å²) >= 11 is 6.89. The number of nitrogens with zero attached hydrogens (tertiary/aromatic N) is 5. The summed E-state index contributed by atoms with van der Waals surface area (Å²) in [4.78, 5) is 37.4. The topological polar surface area (TPSA) is 70.9 Å². The van der Waals surface area contributed by atoms with Gasteiger partial charge in [-0.25, -0.2) is 13.6 Å². The molecule has 46 heavy (non-hydrogen) atoms. The van der Waals surface area contributed by atoms with Crippen LogP contribution in [0.15, 0.2) is 41.7 Å². The fraction of sp³-hybridized carbons (Fsp3) is 0.514. The number of rotatable bonds is 9. The van der Waals surface area contributed by atoms with E-state index in [1.807, 2.05) is 18.7 Å². The molecule has 0 spiro atoms. The van der Waals surface area contributed by atoms with Gasteiger partial charge in [-0.15, -0.1) is 0 Å². The van der Waals surface area contributed by atoms with E-state index < -0.39 is 17.3 Å². The molecule has 6 rings (SSSR count). The predicted octanol–water partition coefficient (Wildman–Crippen LogP) is 6.44. The van der Waals surface area contributed by atoms with Crippen molar-refractivity contribution in [1.29, 1.82) is 0 Å². The third-order valence-corrected chi connectivity index (χ3v) is 10.7. The highest BCUT2D eigenvalue weighted by Crippen LogP contribution is 2.48. The van der Waals surface area contributed by atoms with Crippen molar-refractivity contribution in [1.82, 2.24) is 19.4 Å². The van der Waals surface area contributed by atoms with Crippen LogP contribution in [0.4, 0.5) is 14.6 Å². The summed E-state index contributed by atoms with van der Waals surface area (Å²) in [6, 6.07) is 4.42. The average Bonchev–Trinajstić information content (AvgIpc) is 3.01. The Morgan fingerprint density at radius 3 is 2.57 bits per heavy atom. The number of anilines is 1. The zero-order chi connectivity index (χ0) is 32.9. The van der Waals surface area contributed by atoms with E-state index in [1.165, 1.54) is 31.1 Å². The van der Waals surface area contributed by atoms with Crippen molar-refractivity contribution in [2.75, 3.05) is 44.2 Å². The number of benzene rings is 2. The van der Waals surface area contributed by atoms with Crippen molar-refractivity contribution in [2.45, 2.75) is 71.5 Å². The maximum atomic E-state index is 15.2. The standard InChI is InChI=1S/C35H42ClF2N5O3/c1-6-29(44)41-16-22(5)42(17-21(41)4)33-26-15-27(36)30(25-12-11-23(37)14-28(25)38)32-31(26)43(34(45)39-33)24(18-46-32)10-9-13-40-19-35(7-2,8-3)20-40/h6,11-12,14-15,21-22,24H,1,7-10,13,16-20H2,2-5H3/t21-,22+,24-/m1/s1. The smallest absolute Gasteiger partial charge is 0.350 e. The summed E-state index contributed by atoms with van der Waals surface area (Å²) < 4.78 is 37.2. The maximum absolute atomic E-state index is 15.2. The number of hydrogen-bond acceptors (Lipinski definition) is 6. The molecule has 3 aliphatic heterocycles. The molecule has 0 saturated carbocycles. The first-order chi connectivity index (χ1) is 22.0. The van der Waals surface area contributed by atoms with E-state index in [-0.39, 0.29) is 52.5 Å². The van der Waals surface area contributed by atoms with E-state index in [9.17, 15) is 14.0 Å². The molecule has 3 aliphatic rings. The van der Waals surface area contributed by atoms with Crippen LogP contribution in [0.25, 0.3) is 22.0 Å². The summed E-state index contributed by atoms with van der Waals surface area (Å²) in [7, 11) is 0. The van der Waals surface area contributed by atoms with Gasteiger partial charge in [0.05, 0.1) is 16.6 Å². The van der Waals surface area contributed by atoms with Gasteiger partial charge in [0.1, 0.15) is 24.1 Å². The van der Waals surface area contributed by atoms with Crippen LogP contribution in [-0.2, 0) is 4.79 Å². The normalized spacial score (nSPS) is 22.5. The first-order valence-corrected chi connectivity index (χ1v) is 16.7. The van der Waals surface area contributed by atoms with Crippen LogP contribution in [0.3, 0.4) is 0 Å². The fourth-order valence-electron chi connectivity index (χ4n) is 7.59. The molecule has 1 amide bonds. The van der Waals surface area contributed by atoms with E-state index >= 15 is 4.39 Å². The second kappa shape index (κ2) is 12.6. The molecule has 246 valence electrons. The van der Waals surface area contributed by atoms with Gasteiger partial charge in [-0.1, -0.05) is 32.0 Å². The second-order valence-corrected chi connectivity index (χ2v) is 13.6. The predicted molar refractivity (Wildman–Crippen MR) is 178 cm³/mol. The number of amides is 1. The first-order valence-electron chi connectivity index (χ1n) is 16.3. The van der Waals surface area contributed by atoms with E-state index in [0.29, 0.717) is 41.6 Å². The lowest BCUT2D eigenvalue weighted by atomic mass is 9.75. The van der Waals surface area contributed by atoms with Crippen LogP contribution in [0, 0.1) is 17.0 Å². The molecule has 2 saturated heterocycles. The van der Waals surface area contributed by atoms with E-state index in [0.717, 1.165) is 32.1 Å². The minimum atomic E-state index is -0.776. The number of ether oxygens (including phenoxy) is 1. The fourth-order valence-corrected chi connectivity index (χ4v) is 7.89. The quantitative estimate of drug-likeness (QED) is 0.248. The molecule has 0 radical (unpaired) electrons. The van der Waals surface area contributed by atoms with E-state index in [1.54, 1.807) is 15.5 Å². The van der Waals surface area contributed by atoms with Crippen molar-refractivity contribution in [3.8, 4) is 16.9 Å². The summed E-state index contributed by atoms with van der Waals surface area (Å²) in [6.45, 7) is 16.3. The number of carbonyl (C=O) groups excluding carboxylic acids is 1. The number of hydrogen-bond donors (Lipinski definition) is 0. The molecule has 11 heteroatoms. The molecule has 3 atom stereocenters. The minimum Gasteiger partial charge on any atom is -0.488 e. The zero-order valence-corrected chi connectivity index (χ0v) is 27.7. The number of likely N-dealkylation sites (tertiary alicyclic amines) is 1. The molecule has 8 nitrogen and oxygen atoms in total. The minimum absolute atomic E-state index is 0.0887. The van der Waals surface area contributed by atoms with E-state index in [4.69, 9.17) is 16.3 Å². The molecule has 0 unspecified atom stereocenters. The molecule has 3 aromatic rings. The Labute approximate surface area is 273 Å².